The Morgan fingerprint density at radius 3 is 2.32 bits per heavy atom. The summed E-state index contributed by atoms with van der Waals surface area (Å²) in [6, 6.07) is 0. The van der Waals surface area contributed by atoms with E-state index in [1.54, 1.807) is 6.92 Å². The van der Waals surface area contributed by atoms with E-state index in [9.17, 15) is 20.4 Å². The Kier molecular flexibility index (Phi) is 2.86. The van der Waals surface area contributed by atoms with E-state index in [0.29, 0.717) is 18.3 Å². The summed E-state index contributed by atoms with van der Waals surface area (Å²) >= 11 is 0. The van der Waals surface area contributed by atoms with E-state index in [1.807, 2.05) is 6.92 Å². The fraction of sp³-hybridized carbons (Fsp3) is 1.00. The molecule has 110 valence electrons. The normalized spacial score (nSPS) is 64.3. The molecule has 3 fully saturated rings. The molecular formula is C15H26O4. The maximum absolute atomic E-state index is 10.7. The van der Waals surface area contributed by atoms with Crippen LogP contribution in [0.1, 0.15) is 33.6 Å². The van der Waals surface area contributed by atoms with Crippen LogP contribution in [0, 0.1) is 35.0 Å². The highest BCUT2D eigenvalue weighted by molar-refractivity contribution is 5.19. The third-order valence-electron chi connectivity index (χ3n) is 6.65. The van der Waals surface area contributed by atoms with Crippen LogP contribution in [0.15, 0.2) is 0 Å². The van der Waals surface area contributed by atoms with Crippen molar-refractivity contribution in [2.45, 2.75) is 51.4 Å². The Labute approximate surface area is 114 Å². The molecule has 0 amide bonds. The van der Waals surface area contributed by atoms with Crippen LogP contribution in [0.2, 0.25) is 0 Å². The van der Waals surface area contributed by atoms with Crippen molar-refractivity contribution in [3.63, 3.8) is 0 Å². The highest BCUT2D eigenvalue weighted by Crippen LogP contribution is 2.71. The van der Waals surface area contributed by atoms with Gasteiger partial charge in [0, 0.05) is 12.5 Å². The Morgan fingerprint density at radius 1 is 1.11 bits per heavy atom. The van der Waals surface area contributed by atoms with Crippen LogP contribution in [-0.2, 0) is 0 Å². The highest BCUT2D eigenvalue weighted by atomic mass is 16.3. The molecular weight excluding hydrogens is 244 g/mol. The molecule has 0 bridgehead atoms. The standard InChI is InChI=1S/C15H26O4/c1-7-9-10-8(14(10,2)6-16)4-5-15(3,19)11(9)13(18)12(7)17/h7-13,16-19H,4-6H2,1-3H3/t7-,8+,9-,10+,11+,12+,13-,14-,15+/m0/s1. The van der Waals surface area contributed by atoms with Gasteiger partial charge in [0.25, 0.3) is 0 Å². The minimum atomic E-state index is -0.917. The summed E-state index contributed by atoms with van der Waals surface area (Å²) in [6.07, 6.45) is -0.0698. The van der Waals surface area contributed by atoms with Gasteiger partial charge < -0.3 is 20.4 Å². The Bertz CT molecular complexity index is 382. The zero-order valence-corrected chi connectivity index (χ0v) is 12.0. The van der Waals surface area contributed by atoms with E-state index >= 15 is 0 Å². The topological polar surface area (TPSA) is 80.9 Å². The first-order valence-corrected chi connectivity index (χ1v) is 7.45. The Morgan fingerprint density at radius 2 is 1.74 bits per heavy atom. The average Bonchev–Trinajstić information content (AvgIpc) is 2.91. The third-order valence-corrected chi connectivity index (χ3v) is 6.65. The number of hydrogen-bond donors (Lipinski definition) is 4. The van der Waals surface area contributed by atoms with Crippen LogP contribution in [0.25, 0.3) is 0 Å². The van der Waals surface area contributed by atoms with Gasteiger partial charge in [0.2, 0.25) is 0 Å². The van der Waals surface area contributed by atoms with Gasteiger partial charge in [-0.3, -0.25) is 0 Å². The molecule has 19 heavy (non-hydrogen) atoms. The fourth-order valence-electron chi connectivity index (χ4n) is 5.39. The summed E-state index contributed by atoms with van der Waals surface area (Å²) < 4.78 is 0. The van der Waals surface area contributed by atoms with Gasteiger partial charge in [-0.15, -0.1) is 0 Å². The molecule has 0 aromatic heterocycles. The van der Waals surface area contributed by atoms with Gasteiger partial charge >= 0.3 is 0 Å². The second kappa shape index (κ2) is 3.94. The van der Waals surface area contributed by atoms with Crippen molar-refractivity contribution in [2.75, 3.05) is 6.61 Å². The molecule has 9 atom stereocenters. The number of hydrogen-bond acceptors (Lipinski definition) is 4. The van der Waals surface area contributed by atoms with Crippen molar-refractivity contribution in [1.82, 2.24) is 0 Å². The molecule has 3 aliphatic rings. The molecule has 0 radical (unpaired) electrons. The van der Waals surface area contributed by atoms with Crippen LogP contribution < -0.4 is 0 Å². The summed E-state index contributed by atoms with van der Waals surface area (Å²) in [5.41, 5.74) is -1.00. The molecule has 0 aromatic carbocycles. The molecule has 4 N–H and O–H groups in total. The van der Waals surface area contributed by atoms with Gasteiger partial charge in [0.15, 0.2) is 0 Å². The number of rotatable bonds is 1. The van der Waals surface area contributed by atoms with Crippen molar-refractivity contribution in [2.24, 2.45) is 35.0 Å². The Balaban J connectivity index is 2.00. The predicted octanol–water partition coefficient (Wildman–Crippen LogP) is 0.380. The smallest absolute Gasteiger partial charge is 0.0860 e. The largest absolute Gasteiger partial charge is 0.396 e. The number of aliphatic hydroxyl groups excluding tert-OH is 3. The molecule has 4 nitrogen and oxygen atoms in total. The maximum atomic E-state index is 10.7. The zero-order chi connectivity index (χ0) is 14.2. The fourth-order valence-corrected chi connectivity index (χ4v) is 5.39. The van der Waals surface area contributed by atoms with Crippen molar-refractivity contribution >= 4 is 0 Å². The predicted molar refractivity (Wildman–Crippen MR) is 70.2 cm³/mol. The second-order valence-electron chi connectivity index (χ2n) is 7.64. The van der Waals surface area contributed by atoms with Gasteiger partial charge in [0.1, 0.15) is 0 Å². The molecule has 0 spiro atoms. The molecule has 3 saturated carbocycles. The number of aliphatic hydroxyl groups is 4. The van der Waals surface area contributed by atoms with E-state index in [2.05, 4.69) is 6.92 Å². The molecule has 0 saturated heterocycles. The van der Waals surface area contributed by atoms with E-state index in [-0.39, 0.29) is 29.8 Å². The van der Waals surface area contributed by atoms with Crippen molar-refractivity contribution in [3.05, 3.63) is 0 Å². The molecule has 3 aliphatic carbocycles. The molecule has 0 aromatic rings. The third kappa shape index (κ3) is 1.60. The van der Waals surface area contributed by atoms with E-state index in [1.165, 1.54) is 0 Å². The van der Waals surface area contributed by atoms with Gasteiger partial charge in [0.05, 0.1) is 17.8 Å². The summed E-state index contributed by atoms with van der Waals surface area (Å²) in [5.74, 6) is 0.535. The average molecular weight is 270 g/mol. The van der Waals surface area contributed by atoms with Crippen LogP contribution in [0.5, 0.6) is 0 Å². The van der Waals surface area contributed by atoms with Crippen molar-refractivity contribution in [1.29, 1.82) is 0 Å². The minimum absolute atomic E-state index is 0.0227. The Hall–Kier alpha value is -0.160. The first-order valence-electron chi connectivity index (χ1n) is 7.45. The van der Waals surface area contributed by atoms with E-state index in [0.717, 1.165) is 6.42 Å². The summed E-state index contributed by atoms with van der Waals surface area (Å²) in [6.45, 7) is 6.02. The van der Waals surface area contributed by atoms with Crippen LogP contribution in [0.4, 0.5) is 0 Å². The minimum Gasteiger partial charge on any atom is -0.396 e. The maximum Gasteiger partial charge on any atom is 0.0860 e. The van der Waals surface area contributed by atoms with Gasteiger partial charge in [-0.1, -0.05) is 13.8 Å². The quantitative estimate of drug-likeness (QED) is 0.555. The number of fused-ring (bicyclic) bond motifs is 3. The highest BCUT2D eigenvalue weighted by Gasteiger charge is 2.71. The molecule has 4 heteroatoms. The second-order valence-corrected chi connectivity index (χ2v) is 7.64. The first-order chi connectivity index (χ1) is 8.75. The summed E-state index contributed by atoms with van der Waals surface area (Å²) in [7, 11) is 0. The van der Waals surface area contributed by atoms with Crippen molar-refractivity contribution in [3.8, 4) is 0 Å². The van der Waals surface area contributed by atoms with Crippen LogP contribution >= 0.6 is 0 Å². The zero-order valence-electron chi connectivity index (χ0n) is 12.0. The monoisotopic (exact) mass is 270 g/mol. The SMILES string of the molecule is C[C@@H]1[C@@H](O)[C@@H](O)[C@H]2[C@@H]1[C@H]1[C@@H](CC[C@@]2(C)O)[C@]1(C)CO. The van der Waals surface area contributed by atoms with Crippen molar-refractivity contribution < 1.29 is 20.4 Å². The van der Waals surface area contributed by atoms with E-state index in [4.69, 9.17) is 0 Å². The molecule has 0 heterocycles. The lowest BCUT2D eigenvalue weighted by molar-refractivity contribution is -0.0865. The van der Waals surface area contributed by atoms with Crippen LogP contribution in [0.3, 0.4) is 0 Å². The first kappa shape index (κ1) is 13.8. The van der Waals surface area contributed by atoms with Gasteiger partial charge in [-0.05, 0) is 48.9 Å². The van der Waals surface area contributed by atoms with Gasteiger partial charge in [-0.25, -0.2) is 0 Å². The molecule has 0 unspecified atom stereocenters. The summed E-state index contributed by atoms with van der Waals surface area (Å²) in [5, 5.41) is 40.9. The van der Waals surface area contributed by atoms with Crippen LogP contribution in [-0.4, -0.2) is 44.8 Å². The van der Waals surface area contributed by atoms with Gasteiger partial charge in [-0.2, -0.15) is 0 Å². The lowest BCUT2D eigenvalue weighted by Gasteiger charge is -2.36. The lowest BCUT2D eigenvalue weighted by Crippen LogP contribution is -2.44. The lowest BCUT2D eigenvalue weighted by atomic mass is 9.73. The van der Waals surface area contributed by atoms with E-state index < -0.39 is 17.8 Å². The molecule has 0 aliphatic heterocycles. The molecule has 3 rings (SSSR count). The summed E-state index contributed by atoms with van der Waals surface area (Å²) in [4.78, 5) is 0.